The van der Waals surface area contributed by atoms with Crippen molar-refractivity contribution in [3.05, 3.63) is 72.1 Å². The fourth-order valence-corrected chi connectivity index (χ4v) is 3.36. The van der Waals surface area contributed by atoms with Crippen molar-refractivity contribution in [3.8, 4) is 11.5 Å². The number of hydrogen-bond donors (Lipinski definition) is 3. The lowest BCUT2D eigenvalue weighted by atomic mass is 10.0. The third kappa shape index (κ3) is 6.87. The molecule has 3 rings (SSSR count). The molecule has 0 fully saturated rings. The topological polar surface area (TPSA) is 130 Å². The van der Waals surface area contributed by atoms with E-state index in [1.54, 1.807) is 30.3 Å². The Morgan fingerprint density at radius 1 is 1.00 bits per heavy atom. The number of imide groups is 1. The molecule has 2 aromatic carbocycles. The molecule has 0 saturated carbocycles. The summed E-state index contributed by atoms with van der Waals surface area (Å²) in [4.78, 5) is 52.2. The summed E-state index contributed by atoms with van der Waals surface area (Å²) in [6.07, 6.45) is 1.56. The molecule has 5 amide bonds. The lowest BCUT2D eigenvalue weighted by Crippen LogP contribution is -2.31. The molecule has 38 heavy (non-hydrogen) atoms. The monoisotopic (exact) mass is 525 g/mol. The first-order valence-electron chi connectivity index (χ1n) is 11.4. The molecule has 0 spiro atoms. The summed E-state index contributed by atoms with van der Waals surface area (Å²) in [5.41, 5.74) is -0.261. The molecule has 0 aliphatic carbocycles. The number of urea groups is 1. The van der Waals surface area contributed by atoms with Gasteiger partial charge in [0.15, 0.2) is 0 Å². The lowest BCUT2D eigenvalue weighted by molar-refractivity contribution is -0.121. The summed E-state index contributed by atoms with van der Waals surface area (Å²) in [7, 11) is 1.49. The van der Waals surface area contributed by atoms with Crippen molar-refractivity contribution in [2.45, 2.75) is 26.2 Å². The molecule has 3 aromatic rings. The maximum Gasteiger partial charge on any atom is 0.323 e. The van der Waals surface area contributed by atoms with Crippen LogP contribution in [-0.4, -0.2) is 36.3 Å². The SMILES string of the molecule is CCC(=O)N(C=O)c1ccc(NC(=O)Nc2ccc(Oc3ccnc(C(=O)NC)c3)cc2)cc1C(C)(F)F. The maximum absolute atomic E-state index is 14.3. The Morgan fingerprint density at radius 3 is 2.26 bits per heavy atom. The predicted molar refractivity (Wildman–Crippen MR) is 137 cm³/mol. The van der Waals surface area contributed by atoms with Gasteiger partial charge in [0.1, 0.15) is 17.2 Å². The minimum atomic E-state index is -3.40. The Balaban J connectivity index is 1.70. The quantitative estimate of drug-likeness (QED) is 0.341. The van der Waals surface area contributed by atoms with Crippen LogP contribution in [0.1, 0.15) is 36.3 Å². The van der Waals surface area contributed by atoms with Crippen molar-refractivity contribution >= 4 is 41.3 Å². The Hall–Kier alpha value is -4.87. The molecule has 10 nitrogen and oxygen atoms in total. The molecule has 198 valence electrons. The standard InChI is InChI=1S/C26H25F2N5O5/c1-4-23(35)33(15-34)22-10-7-17(13-20(22)26(2,27)28)32-25(37)31-16-5-8-18(9-6-16)38-19-11-12-30-21(14-19)24(36)29-3/h5-15H,4H2,1-3H3,(H,29,36)(H2,31,32,37). The second kappa shape index (κ2) is 11.9. The molecule has 0 aliphatic rings. The first-order chi connectivity index (χ1) is 18.0. The van der Waals surface area contributed by atoms with Crippen molar-refractivity contribution in [2.75, 3.05) is 22.6 Å². The number of benzene rings is 2. The van der Waals surface area contributed by atoms with Gasteiger partial charge in [-0.3, -0.25) is 24.3 Å². The summed E-state index contributed by atoms with van der Waals surface area (Å²) >= 11 is 0. The summed E-state index contributed by atoms with van der Waals surface area (Å²) in [6.45, 7) is 2.13. The highest BCUT2D eigenvalue weighted by Gasteiger charge is 2.31. The summed E-state index contributed by atoms with van der Waals surface area (Å²) < 4.78 is 34.3. The second-order valence-corrected chi connectivity index (χ2v) is 8.00. The molecule has 1 aromatic heterocycles. The molecule has 12 heteroatoms. The molecule has 0 bridgehead atoms. The summed E-state index contributed by atoms with van der Waals surface area (Å²) in [6, 6.07) is 12.1. The summed E-state index contributed by atoms with van der Waals surface area (Å²) in [5, 5.41) is 7.50. The number of ether oxygens (including phenoxy) is 1. The number of nitrogens with one attached hydrogen (secondary N) is 3. The number of anilines is 3. The molecule has 1 heterocycles. The number of aromatic nitrogens is 1. The van der Waals surface area contributed by atoms with Crippen LogP contribution in [-0.2, 0) is 15.5 Å². The van der Waals surface area contributed by atoms with Gasteiger partial charge in [-0.05, 0) is 48.5 Å². The number of nitrogens with zero attached hydrogens (tertiary/aromatic N) is 2. The first kappa shape index (κ1) is 27.7. The highest BCUT2D eigenvalue weighted by Crippen LogP contribution is 2.37. The van der Waals surface area contributed by atoms with Crippen molar-refractivity contribution in [1.29, 1.82) is 0 Å². The van der Waals surface area contributed by atoms with Crippen LogP contribution in [0.25, 0.3) is 0 Å². The van der Waals surface area contributed by atoms with E-state index >= 15 is 0 Å². The number of hydrogen-bond acceptors (Lipinski definition) is 6. The molecule has 0 unspecified atom stereocenters. The van der Waals surface area contributed by atoms with E-state index in [1.807, 2.05) is 0 Å². The Kier molecular flexibility index (Phi) is 8.69. The highest BCUT2D eigenvalue weighted by molar-refractivity contribution is 6.08. The molecule has 0 saturated heterocycles. The maximum atomic E-state index is 14.3. The number of alkyl halides is 2. The van der Waals surface area contributed by atoms with E-state index in [0.717, 1.165) is 6.07 Å². The van der Waals surface area contributed by atoms with E-state index in [2.05, 4.69) is 20.9 Å². The van der Waals surface area contributed by atoms with Gasteiger partial charge < -0.3 is 20.7 Å². The van der Waals surface area contributed by atoms with Crippen LogP contribution in [0.5, 0.6) is 11.5 Å². The number of carbonyl (C=O) groups is 4. The van der Waals surface area contributed by atoms with E-state index < -0.39 is 23.4 Å². The van der Waals surface area contributed by atoms with E-state index in [-0.39, 0.29) is 35.8 Å². The fourth-order valence-electron chi connectivity index (χ4n) is 3.36. The predicted octanol–water partition coefficient (Wildman–Crippen LogP) is 4.89. The Labute approximate surface area is 217 Å². The number of carbonyl (C=O) groups excluding carboxylic acids is 4. The van der Waals surface area contributed by atoms with Gasteiger partial charge in [0.2, 0.25) is 12.3 Å². The smallest absolute Gasteiger partial charge is 0.323 e. The van der Waals surface area contributed by atoms with Crippen LogP contribution in [0, 0.1) is 0 Å². The third-order valence-electron chi connectivity index (χ3n) is 5.20. The zero-order valence-electron chi connectivity index (χ0n) is 20.7. The van der Waals surface area contributed by atoms with Crippen molar-refractivity contribution in [1.82, 2.24) is 10.3 Å². The van der Waals surface area contributed by atoms with Gasteiger partial charge >= 0.3 is 6.03 Å². The zero-order valence-corrected chi connectivity index (χ0v) is 20.7. The highest BCUT2D eigenvalue weighted by atomic mass is 19.3. The number of amides is 5. The first-order valence-corrected chi connectivity index (χ1v) is 11.4. The van der Waals surface area contributed by atoms with Crippen LogP contribution in [0.3, 0.4) is 0 Å². The van der Waals surface area contributed by atoms with Crippen LogP contribution < -0.4 is 25.6 Å². The molecular weight excluding hydrogens is 500 g/mol. The van der Waals surface area contributed by atoms with Gasteiger partial charge in [-0.15, -0.1) is 0 Å². The Bertz CT molecular complexity index is 1340. The average Bonchev–Trinajstić information content (AvgIpc) is 2.89. The van der Waals surface area contributed by atoms with Gasteiger partial charge in [0.05, 0.1) is 5.69 Å². The van der Waals surface area contributed by atoms with E-state index in [0.29, 0.717) is 29.0 Å². The van der Waals surface area contributed by atoms with Gasteiger partial charge in [-0.1, -0.05) is 6.92 Å². The van der Waals surface area contributed by atoms with Crippen molar-refractivity contribution < 1.29 is 32.7 Å². The molecule has 0 atom stereocenters. The molecular formula is C26H25F2N5O5. The number of halogens is 2. The van der Waals surface area contributed by atoms with Crippen molar-refractivity contribution in [2.24, 2.45) is 0 Å². The van der Waals surface area contributed by atoms with Crippen LogP contribution >= 0.6 is 0 Å². The van der Waals surface area contributed by atoms with Crippen LogP contribution in [0.2, 0.25) is 0 Å². The molecule has 3 N–H and O–H groups in total. The number of pyridine rings is 1. The van der Waals surface area contributed by atoms with E-state index in [9.17, 15) is 28.0 Å². The van der Waals surface area contributed by atoms with Crippen LogP contribution in [0.15, 0.2) is 60.8 Å². The largest absolute Gasteiger partial charge is 0.457 e. The minimum absolute atomic E-state index is 0.0298. The van der Waals surface area contributed by atoms with E-state index in [1.165, 1.54) is 38.4 Å². The van der Waals surface area contributed by atoms with Gasteiger partial charge in [-0.2, -0.15) is 0 Å². The molecule has 0 radical (unpaired) electrons. The lowest BCUT2D eigenvalue weighted by Gasteiger charge is -2.23. The molecule has 0 aliphatic heterocycles. The van der Waals surface area contributed by atoms with Gasteiger partial charge in [0.25, 0.3) is 11.8 Å². The Morgan fingerprint density at radius 2 is 1.66 bits per heavy atom. The zero-order chi connectivity index (χ0) is 27.9. The normalized spacial score (nSPS) is 10.8. The minimum Gasteiger partial charge on any atom is -0.457 e. The fraction of sp³-hybridized carbons (Fsp3) is 0.192. The van der Waals surface area contributed by atoms with Crippen LogP contribution in [0.4, 0.5) is 30.6 Å². The van der Waals surface area contributed by atoms with E-state index in [4.69, 9.17) is 4.74 Å². The average molecular weight is 526 g/mol. The van der Waals surface area contributed by atoms with Gasteiger partial charge in [-0.25, -0.2) is 13.6 Å². The van der Waals surface area contributed by atoms with Gasteiger partial charge in [0, 0.05) is 49.6 Å². The van der Waals surface area contributed by atoms with Crippen molar-refractivity contribution in [3.63, 3.8) is 0 Å². The summed E-state index contributed by atoms with van der Waals surface area (Å²) in [5.74, 6) is -3.59. The second-order valence-electron chi connectivity index (χ2n) is 8.00. The third-order valence-corrected chi connectivity index (χ3v) is 5.20. The number of rotatable bonds is 9.